The van der Waals surface area contributed by atoms with Crippen LogP contribution in [0.1, 0.15) is 13.3 Å². The number of ether oxygens (including phenoxy) is 1. The second-order valence-electron chi connectivity index (χ2n) is 1.66. The summed E-state index contributed by atoms with van der Waals surface area (Å²) in [7, 11) is 0. The summed E-state index contributed by atoms with van der Waals surface area (Å²) < 4.78 is 4.17. The van der Waals surface area contributed by atoms with Crippen LogP contribution in [0, 0.1) is 0 Å². The molecule has 0 fully saturated rings. The van der Waals surface area contributed by atoms with Crippen molar-refractivity contribution in [2.24, 2.45) is 0 Å². The Morgan fingerprint density at radius 3 is 1.79 bits per heavy atom. The zero-order valence-electron chi connectivity index (χ0n) is 8.36. The summed E-state index contributed by atoms with van der Waals surface area (Å²) in [6.07, 6.45) is 2.50. The first-order valence-corrected chi connectivity index (χ1v) is 3.65. The predicted octanol–water partition coefficient (Wildman–Crippen LogP) is 2.14. The van der Waals surface area contributed by atoms with Gasteiger partial charge in [-0.3, -0.25) is 9.59 Å². The Hall–Kier alpha value is -1.84. The fourth-order valence-corrected chi connectivity index (χ4v) is 0.241. The van der Waals surface area contributed by atoms with Crippen LogP contribution in [-0.4, -0.2) is 17.0 Å². The van der Waals surface area contributed by atoms with Crippen molar-refractivity contribution >= 4 is 11.9 Å². The molecule has 14 heavy (non-hydrogen) atoms. The molecule has 0 aromatic heterocycles. The van der Waals surface area contributed by atoms with Gasteiger partial charge in [0.15, 0.2) is 0 Å². The first kappa shape index (κ1) is 18.0. The zero-order valence-corrected chi connectivity index (χ0v) is 8.36. The second-order valence-corrected chi connectivity index (χ2v) is 1.66. The Morgan fingerprint density at radius 2 is 1.79 bits per heavy atom. The van der Waals surface area contributed by atoms with E-state index in [4.69, 9.17) is 5.11 Å². The summed E-state index contributed by atoms with van der Waals surface area (Å²) in [6.45, 7) is 13.7. The molecule has 0 radical (unpaired) electrons. The van der Waals surface area contributed by atoms with E-state index in [2.05, 4.69) is 31.1 Å². The van der Waals surface area contributed by atoms with Crippen molar-refractivity contribution in [2.45, 2.75) is 13.3 Å². The maximum atomic E-state index is 9.75. The van der Waals surface area contributed by atoms with Gasteiger partial charge in [-0.1, -0.05) is 12.7 Å². The van der Waals surface area contributed by atoms with E-state index in [1.165, 1.54) is 13.0 Å². The highest BCUT2D eigenvalue weighted by atomic mass is 16.5. The number of carboxylic acid groups (broad SMARTS) is 1. The minimum atomic E-state index is -0.829. The molecule has 0 amide bonds. The Morgan fingerprint density at radius 1 is 1.36 bits per heavy atom. The summed E-state index contributed by atoms with van der Waals surface area (Å²) in [4.78, 5) is 19.3. The van der Waals surface area contributed by atoms with Crippen LogP contribution >= 0.6 is 0 Å². The number of carbonyl (C=O) groups is 2. The lowest BCUT2D eigenvalue weighted by Gasteiger charge is -1.83. The van der Waals surface area contributed by atoms with E-state index < -0.39 is 5.97 Å². The molecular weight excluding hydrogens is 184 g/mol. The van der Waals surface area contributed by atoms with Crippen LogP contribution in [0.3, 0.4) is 0 Å². The molecule has 0 saturated heterocycles. The van der Waals surface area contributed by atoms with E-state index in [1.54, 1.807) is 0 Å². The first-order valence-electron chi connectivity index (χ1n) is 3.65. The zero-order chi connectivity index (χ0) is 12.0. The monoisotopic (exact) mass is 200 g/mol. The minimum Gasteiger partial charge on any atom is -0.481 e. The molecule has 4 nitrogen and oxygen atoms in total. The molecule has 80 valence electrons. The molecule has 0 atom stereocenters. The van der Waals surface area contributed by atoms with Gasteiger partial charge in [-0.25, -0.2) is 0 Å². The smallest absolute Gasteiger partial charge is 0.307 e. The standard InChI is InChI=1S/2C4H6O2.C2H4/c1-3-6-4(2)5;1-2-3-4(5)6;1-2/h3H,1H2,2H3;2H,1,3H2,(H,5,6);1-2H2. The number of hydrogen-bond acceptors (Lipinski definition) is 3. The van der Waals surface area contributed by atoms with Crippen LogP contribution in [0.5, 0.6) is 0 Å². The SMILES string of the molecule is C=C.C=CCC(=O)O.C=COC(C)=O. The lowest BCUT2D eigenvalue weighted by molar-refractivity contribution is -0.136. The molecule has 0 bridgehead atoms. The first-order chi connectivity index (χ1) is 6.54. The maximum Gasteiger partial charge on any atom is 0.307 e. The van der Waals surface area contributed by atoms with Crippen LogP contribution < -0.4 is 0 Å². The summed E-state index contributed by atoms with van der Waals surface area (Å²) in [5, 5.41) is 7.84. The highest BCUT2D eigenvalue weighted by molar-refractivity contribution is 5.68. The molecule has 0 heterocycles. The fraction of sp³-hybridized carbons (Fsp3) is 0.200. The van der Waals surface area contributed by atoms with Crippen molar-refractivity contribution in [3.05, 3.63) is 38.7 Å². The van der Waals surface area contributed by atoms with Gasteiger partial charge in [0.25, 0.3) is 0 Å². The molecule has 4 heteroatoms. The molecule has 0 aromatic rings. The molecule has 0 spiro atoms. The quantitative estimate of drug-likeness (QED) is 0.430. The highest BCUT2D eigenvalue weighted by Gasteiger charge is 1.84. The average Bonchev–Trinajstić information content (AvgIpc) is 2.08. The Kier molecular flexibility index (Phi) is 22.3. The molecule has 0 saturated carbocycles. The lowest BCUT2D eigenvalue weighted by atomic mass is 10.4. The van der Waals surface area contributed by atoms with Gasteiger partial charge in [-0.05, 0) is 0 Å². The summed E-state index contributed by atoms with van der Waals surface area (Å²) >= 11 is 0. The minimum absolute atomic E-state index is 0.0556. The van der Waals surface area contributed by atoms with Crippen LogP contribution in [0.4, 0.5) is 0 Å². The number of carboxylic acids is 1. The highest BCUT2D eigenvalue weighted by Crippen LogP contribution is 1.74. The Bertz CT molecular complexity index is 165. The van der Waals surface area contributed by atoms with E-state index in [9.17, 15) is 9.59 Å². The third kappa shape index (κ3) is 49.3. The van der Waals surface area contributed by atoms with Gasteiger partial charge in [-0.15, -0.1) is 19.7 Å². The molecule has 0 aromatic carbocycles. The molecule has 0 aliphatic carbocycles. The van der Waals surface area contributed by atoms with E-state index in [1.807, 2.05) is 0 Å². The number of rotatable bonds is 3. The summed E-state index contributed by atoms with van der Waals surface area (Å²) in [6, 6.07) is 0. The van der Waals surface area contributed by atoms with Crippen molar-refractivity contribution in [3.63, 3.8) is 0 Å². The van der Waals surface area contributed by atoms with Crippen molar-refractivity contribution in [1.29, 1.82) is 0 Å². The summed E-state index contributed by atoms with van der Waals surface area (Å²) in [5.41, 5.74) is 0. The Labute approximate surface area is 84.2 Å². The number of aliphatic carboxylic acids is 1. The van der Waals surface area contributed by atoms with Crippen LogP contribution in [-0.2, 0) is 14.3 Å². The number of esters is 1. The van der Waals surface area contributed by atoms with Gasteiger partial charge in [0.1, 0.15) is 0 Å². The molecule has 0 rings (SSSR count). The van der Waals surface area contributed by atoms with Crippen molar-refractivity contribution in [1.82, 2.24) is 0 Å². The molecule has 1 N–H and O–H groups in total. The fourth-order valence-electron chi connectivity index (χ4n) is 0.241. The van der Waals surface area contributed by atoms with E-state index in [-0.39, 0.29) is 12.4 Å². The third-order valence-corrected chi connectivity index (χ3v) is 0.568. The molecule has 0 aliphatic rings. The maximum absolute atomic E-state index is 9.75. The average molecular weight is 200 g/mol. The van der Waals surface area contributed by atoms with Gasteiger partial charge >= 0.3 is 11.9 Å². The van der Waals surface area contributed by atoms with Gasteiger partial charge in [0, 0.05) is 6.92 Å². The lowest BCUT2D eigenvalue weighted by Crippen LogP contribution is -1.88. The van der Waals surface area contributed by atoms with Gasteiger partial charge in [0.05, 0.1) is 12.7 Å². The topological polar surface area (TPSA) is 63.6 Å². The predicted molar refractivity (Wildman–Crippen MR) is 55.7 cm³/mol. The number of carbonyl (C=O) groups excluding carboxylic acids is 1. The van der Waals surface area contributed by atoms with Crippen LogP contribution in [0.15, 0.2) is 38.7 Å². The normalized spacial score (nSPS) is 6.36. The van der Waals surface area contributed by atoms with Crippen LogP contribution in [0.2, 0.25) is 0 Å². The van der Waals surface area contributed by atoms with E-state index in [0.717, 1.165) is 6.26 Å². The largest absolute Gasteiger partial charge is 0.481 e. The van der Waals surface area contributed by atoms with Crippen molar-refractivity contribution < 1.29 is 19.4 Å². The molecule has 0 unspecified atom stereocenters. The Balaban J connectivity index is -0.000000147. The molecular formula is C10H16O4. The third-order valence-electron chi connectivity index (χ3n) is 0.568. The number of hydrogen-bond donors (Lipinski definition) is 1. The van der Waals surface area contributed by atoms with Gasteiger partial charge in [0.2, 0.25) is 0 Å². The van der Waals surface area contributed by atoms with Gasteiger partial charge < -0.3 is 9.84 Å². The molecule has 0 aliphatic heterocycles. The van der Waals surface area contributed by atoms with E-state index in [0.29, 0.717) is 0 Å². The van der Waals surface area contributed by atoms with E-state index >= 15 is 0 Å². The van der Waals surface area contributed by atoms with Crippen molar-refractivity contribution in [2.75, 3.05) is 0 Å². The van der Waals surface area contributed by atoms with Crippen molar-refractivity contribution in [3.8, 4) is 0 Å². The van der Waals surface area contributed by atoms with Crippen LogP contribution in [0.25, 0.3) is 0 Å². The second kappa shape index (κ2) is 17.3. The summed E-state index contributed by atoms with van der Waals surface area (Å²) in [5.74, 6) is -1.16. The van der Waals surface area contributed by atoms with Gasteiger partial charge in [-0.2, -0.15) is 0 Å².